The number of para-hydroxylation sites is 2. The maximum Gasteiger partial charge on any atom is 0.333 e. The lowest BCUT2D eigenvalue weighted by molar-refractivity contribution is -0.150. The Bertz CT molecular complexity index is 909. The van der Waals surface area contributed by atoms with Crippen LogP contribution in [-0.2, 0) is 22.6 Å². The van der Waals surface area contributed by atoms with Gasteiger partial charge in [0.2, 0.25) is 0 Å². The first-order valence-corrected chi connectivity index (χ1v) is 9.06. The first-order chi connectivity index (χ1) is 13.2. The molecule has 0 saturated carbocycles. The summed E-state index contributed by atoms with van der Waals surface area (Å²) in [6.45, 7) is 2.73. The Kier molecular flexibility index (Phi) is 6.39. The second kappa shape index (κ2) is 9.14. The second-order valence-corrected chi connectivity index (χ2v) is 6.33. The Balaban J connectivity index is 1.72. The minimum atomic E-state index is -0.961. The van der Waals surface area contributed by atoms with E-state index in [1.165, 1.54) is 0 Å². The SMILES string of the molecule is CCCOC(Cc1ccccc1OCc1cnc2ccccc2c1)C(=O)O. The van der Waals surface area contributed by atoms with Crippen molar-refractivity contribution in [3.8, 4) is 5.75 Å². The highest BCUT2D eigenvalue weighted by Gasteiger charge is 2.20. The molecule has 5 heteroatoms. The molecule has 0 bridgehead atoms. The molecule has 1 N–H and O–H groups in total. The molecule has 1 unspecified atom stereocenters. The first-order valence-electron chi connectivity index (χ1n) is 9.06. The number of carboxylic acids is 1. The largest absolute Gasteiger partial charge is 0.489 e. The third-order valence-corrected chi connectivity index (χ3v) is 4.22. The van der Waals surface area contributed by atoms with E-state index in [-0.39, 0.29) is 6.42 Å². The molecule has 1 aromatic heterocycles. The third kappa shape index (κ3) is 5.05. The number of benzene rings is 2. The fourth-order valence-electron chi connectivity index (χ4n) is 2.85. The summed E-state index contributed by atoms with van der Waals surface area (Å²) in [7, 11) is 0. The molecule has 0 radical (unpaired) electrons. The van der Waals surface area contributed by atoms with E-state index in [2.05, 4.69) is 11.1 Å². The van der Waals surface area contributed by atoms with Gasteiger partial charge in [-0.15, -0.1) is 0 Å². The van der Waals surface area contributed by atoms with Crippen molar-refractivity contribution in [3.63, 3.8) is 0 Å². The molecule has 1 atom stereocenters. The first kappa shape index (κ1) is 18.9. The smallest absolute Gasteiger partial charge is 0.333 e. The van der Waals surface area contributed by atoms with Gasteiger partial charge in [0.05, 0.1) is 5.52 Å². The number of pyridine rings is 1. The van der Waals surface area contributed by atoms with Crippen molar-refractivity contribution in [2.75, 3.05) is 6.61 Å². The fourth-order valence-corrected chi connectivity index (χ4v) is 2.85. The normalized spacial score (nSPS) is 12.0. The number of nitrogens with zero attached hydrogens (tertiary/aromatic N) is 1. The van der Waals surface area contributed by atoms with Gasteiger partial charge in [-0.3, -0.25) is 4.98 Å². The van der Waals surface area contributed by atoms with Crippen molar-refractivity contribution in [2.24, 2.45) is 0 Å². The quantitative estimate of drug-likeness (QED) is 0.614. The van der Waals surface area contributed by atoms with Crippen LogP contribution in [-0.4, -0.2) is 28.8 Å². The molecule has 3 rings (SSSR count). The van der Waals surface area contributed by atoms with Gasteiger partial charge in [-0.1, -0.05) is 43.3 Å². The molecule has 3 aromatic rings. The zero-order chi connectivity index (χ0) is 19.1. The van der Waals surface area contributed by atoms with E-state index < -0.39 is 12.1 Å². The highest BCUT2D eigenvalue weighted by Crippen LogP contribution is 2.22. The lowest BCUT2D eigenvalue weighted by atomic mass is 10.1. The summed E-state index contributed by atoms with van der Waals surface area (Å²) in [5, 5.41) is 10.4. The predicted molar refractivity (Wildman–Crippen MR) is 104 cm³/mol. The lowest BCUT2D eigenvalue weighted by Gasteiger charge is -2.16. The van der Waals surface area contributed by atoms with E-state index in [0.717, 1.165) is 28.5 Å². The van der Waals surface area contributed by atoms with E-state index in [1.807, 2.05) is 55.5 Å². The van der Waals surface area contributed by atoms with Gasteiger partial charge in [0.1, 0.15) is 12.4 Å². The van der Waals surface area contributed by atoms with Gasteiger partial charge in [0.25, 0.3) is 0 Å². The molecule has 0 aliphatic heterocycles. The Morgan fingerprint density at radius 2 is 1.93 bits per heavy atom. The number of hydrogen-bond acceptors (Lipinski definition) is 4. The van der Waals surface area contributed by atoms with E-state index in [4.69, 9.17) is 9.47 Å². The summed E-state index contributed by atoms with van der Waals surface area (Å²) < 4.78 is 11.4. The Morgan fingerprint density at radius 1 is 1.15 bits per heavy atom. The minimum Gasteiger partial charge on any atom is -0.489 e. The molecule has 140 valence electrons. The number of carboxylic acid groups (broad SMARTS) is 1. The van der Waals surface area contributed by atoms with Crippen LogP contribution in [0.25, 0.3) is 10.9 Å². The zero-order valence-electron chi connectivity index (χ0n) is 15.3. The summed E-state index contributed by atoms with van der Waals surface area (Å²) in [6.07, 6.45) is 1.96. The van der Waals surface area contributed by atoms with Crippen molar-refractivity contribution < 1.29 is 19.4 Å². The van der Waals surface area contributed by atoms with Crippen LogP contribution in [0.5, 0.6) is 5.75 Å². The molecule has 0 fully saturated rings. The number of fused-ring (bicyclic) bond motifs is 1. The molecule has 0 saturated heterocycles. The van der Waals surface area contributed by atoms with E-state index in [9.17, 15) is 9.90 Å². The number of ether oxygens (including phenoxy) is 2. The summed E-state index contributed by atoms with van der Waals surface area (Å²) in [5.74, 6) is -0.297. The lowest BCUT2D eigenvalue weighted by Crippen LogP contribution is -2.27. The summed E-state index contributed by atoms with van der Waals surface area (Å²) >= 11 is 0. The highest BCUT2D eigenvalue weighted by atomic mass is 16.5. The van der Waals surface area contributed by atoms with Gasteiger partial charge >= 0.3 is 5.97 Å². The molecule has 1 heterocycles. The van der Waals surface area contributed by atoms with E-state index in [0.29, 0.717) is 19.0 Å². The summed E-state index contributed by atoms with van der Waals surface area (Å²) in [6, 6.07) is 17.4. The van der Waals surface area contributed by atoms with Crippen molar-refractivity contribution in [3.05, 3.63) is 71.9 Å². The van der Waals surface area contributed by atoms with Gasteiger partial charge in [0, 0.05) is 30.2 Å². The van der Waals surface area contributed by atoms with Crippen LogP contribution in [0.15, 0.2) is 60.8 Å². The number of carbonyl (C=O) groups is 1. The van der Waals surface area contributed by atoms with Crippen LogP contribution >= 0.6 is 0 Å². The molecule has 27 heavy (non-hydrogen) atoms. The maximum absolute atomic E-state index is 11.5. The maximum atomic E-state index is 11.5. The average Bonchev–Trinajstić information content (AvgIpc) is 2.70. The minimum absolute atomic E-state index is 0.265. The topological polar surface area (TPSA) is 68.7 Å². The molecule has 0 aliphatic rings. The number of hydrogen-bond donors (Lipinski definition) is 1. The molecule has 0 spiro atoms. The van der Waals surface area contributed by atoms with Crippen LogP contribution < -0.4 is 4.74 Å². The Hall–Kier alpha value is -2.92. The molecular formula is C22H23NO4. The van der Waals surface area contributed by atoms with Crippen molar-refractivity contribution in [2.45, 2.75) is 32.5 Å². The third-order valence-electron chi connectivity index (χ3n) is 4.22. The standard InChI is InChI=1S/C22H23NO4/c1-2-11-26-21(22(24)25)13-18-8-4-6-10-20(18)27-15-16-12-17-7-3-5-9-19(17)23-14-16/h3-10,12,14,21H,2,11,13,15H2,1H3,(H,24,25). The molecule has 0 aliphatic carbocycles. The zero-order valence-corrected chi connectivity index (χ0v) is 15.3. The van der Waals surface area contributed by atoms with E-state index >= 15 is 0 Å². The number of rotatable bonds is 9. The summed E-state index contributed by atoms with van der Waals surface area (Å²) in [4.78, 5) is 15.9. The van der Waals surface area contributed by atoms with Gasteiger partial charge in [0.15, 0.2) is 6.10 Å². The van der Waals surface area contributed by atoms with Gasteiger partial charge in [-0.25, -0.2) is 4.79 Å². The van der Waals surface area contributed by atoms with Crippen LogP contribution in [0, 0.1) is 0 Å². The summed E-state index contributed by atoms with van der Waals surface area (Å²) in [5.41, 5.74) is 2.72. The molecule has 0 amide bonds. The Morgan fingerprint density at radius 3 is 2.74 bits per heavy atom. The molecular weight excluding hydrogens is 342 g/mol. The Labute approximate surface area is 158 Å². The number of aliphatic carboxylic acids is 1. The average molecular weight is 365 g/mol. The van der Waals surface area contributed by atoms with E-state index in [1.54, 1.807) is 6.20 Å². The second-order valence-electron chi connectivity index (χ2n) is 6.33. The van der Waals surface area contributed by atoms with Crippen molar-refractivity contribution in [1.29, 1.82) is 0 Å². The predicted octanol–water partition coefficient (Wildman–Crippen LogP) is 4.24. The fraction of sp³-hybridized carbons (Fsp3) is 0.273. The van der Waals surface area contributed by atoms with Gasteiger partial charge in [-0.05, 0) is 30.2 Å². The van der Waals surface area contributed by atoms with Gasteiger partial charge in [-0.2, -0.15) is 0 Å². The van der Waals surface area contributed by atoms with Crippen LogP contribution in [0.3, 0.4) is 0 Å². The van der Waals surface area contributed by atoms with Gasteiger partial charge < -0.3 is 14.6 Å². The van der Waals surface area contributed by atoms with Crippen molar-refractivity contribution >= 4 is 16.9 Å². The van der Waals surface area contributed by atoms with Crippen molar-refractivity contribution in [1.82, 2.24) is 4.98 Å². The monoisotopic (exact) mass is 365 g/mol. The highest BCUT2D eigenvalue weighted by molar-refractivity contribution is 5.78. The van der Waals surface area contributed by atoms with Crippen LogP contribution in [0.2, 0.25) is 0 Å². The van der Waals surface area contributed by atoms with Crippen LogP contribution in [0.4, 0.5) is 0 Å². The van der Waals surface area contributed by atoms with Crippen LogP contribution in [0.1, 0.15) is 24.5 Å². The number of aromatic nitrogens is 1. The molecule has 2 aromatic carbocycles. The molecule has 5 nitrogen and oxygen atoms in total.